The fraction of sp³-hybridized carbons (Fsp3) is 0.227. The minimum Gasteiger partial charge on any atom is -0.326 e. The van der Waals surface area contributed by atoms with Gasteiger partial charge in [-0.05, 0) is 31.0 Å². The zero-order valence-electron chi connectivity index (χ0n) is 15.9. The van der Waals surface area contributed by atoms with E-state index in [0.29, 0.717) is 12.4 Å². The first-order valence-electron chi connectivity index (χ1n) is 9.30. The molecule has 28 heavy (non-hydrogen) atoms. The van der Waals surface area contributed by atoms with Gasteiger partial charge in [0, 0.05) is 17.7 Å². The highest BCUT2D eigenvalue weighted by molar-refractivity contribution is 6.00. The van der Waals surface area contributed by atoms with Crippen LogP contribution in [0.5, 0.6) is 0 Å². The fourth-order valence-electron chi connectivity index (χ4n) is 3.53. The number of carbonyl (C=O) groups excluding carboxylic acids is 2. The molecule has 0 unspecified atom stereocenters. The van der Waals surface area contributed by atoms with E-state index in [2.05, 4.69) is 15.7 Å². The summed E-state index contributed by atoms with van der Waals surface area (Å²) >= 11 is 0. The van der Waals surface area contributed by atoms with E-state index < -0.39 is 5.92 Å². The second-order valence-corrected chi connectivity index (χ2v) is 7.21. The number of nitrogens with one attached hydrogen (secondary N) is 2. The number of hydrogen-bond acceptors (Lipinski definition) is 3. The van der Waals surface area contributed by atoms with Crippen LogP contribution in [0.25, 0.3) is 11.1 Å². The van der Waals surface area contributed by atoms with Crippen LogP contribution in [0.15, 0.2) is 54.7 Å². The van der Waals surface area contributed by atoms with Crippen LogP contribution in [0.2, 0.25) is 0 Å². The number of fused-ring (bicyclic) bond motifs is 1. The summed E-state index contributed by atoms with van der Waals surface area (Å²) < 4.78 is 1.76. The number of amides is 2. The van der Waals surface area contributed by atoms with Gasteiger partial charge in [0.15, 0.2) is 0 Å². The maximum Gasteiger partial charge on any atom is 0.231 e. The first kappa shape index (κ1) is 18.0. The molecule has 0 spiro atoms. The zero-order valence-corrected chi connectivity index (χ0v) is 15.9. The molecule has 0 radical (unpaired) electrons. The Bertz CT molecular complexity index is 1040. The Balaban J connectivity index is 1.47. The second kappa shape index (κ2) is 7.31. The Kier molecular flexibility index (Phi) is 4.69. The predicted octanol–water partition coefficient (Wildman–Crippen LogP) is 3.76. The number of carbonyl (C=O) groups is 2. The van der Waals surface area contributed by atoms with Crippen LogP contribution < -0.4 is 10.6 Å². The van der Waals surface area contributed by atoms with Crippen molar-refractivity contribution in [2.45, 2.75) is 26.8 Å². The normalized spacial score (nSPS) is 15.6. The molecule has 6 nitrogen and oxygen atoms in total. The van der Waals surface area contributed by atoms with Crippen molar-refractivity contribution in [3.05, 3.63) is 65.9 Å². The lowest BCUT2D eigenvalue weighted by atomic mass is 10.0. The van der Waals surface area contributed by atoms with Crippen molar-refractivity contribution in [1.29, 1.82) is 0 Å². The second-order valence-electron chi connectivity index (χ2n) is 7.21. The van der Waals surface area contributed by atoms with Gasteiger partial charge in [-0.25, -0.2) is 4.68 Å². The molecule has 0 saturated carbocycles. The van der Waals surface area contributed by atoms with Crippen LogP contribution in [0.1, 0.15) is 17.5 Å². The molecule has 0 fully saturated rings. The van der Waals surface area contributed by atoms with Gasteiger partial charge in [0.2, 0.25) is 11.8 Å². The third kappa shape index (κ3) is 3.53. The van der Waals surface area contributed by atoms with Crippen LogP contribution in [0.3, 0.4) is 0 Å². The van der Waals surface area contributed by atoms with Gasteiger partial charge < -0.3 is 10.6 Å². The van der Waals surface area contributed by atoms with Gasteiger partial charge >= 0.3 is 0 Å². The van der Waals surface area contributed by atoms with Gasteiger partial charge in [-0.2, -0.15) is 5.10 Å². The summed E-state index contributed by atoms with van der Waals surface area (Å²) in [6.45, 7) is 4.35. The molecule has 142 valence electrons. The Morgan fingerprint density at radius 1 is 1.21 bits per heavy atom. The Hall–Kier alpha value is -3.41. The number of nitrogens with zero attached hydrogens (tertiary/aromatic N) is 2. The average molecular weight is 374 g/mol. The molecule has 2 amide bonds. The first-order valence-corrected chi connectivity index (χ1v) is 9.30. The third-order valence-electron chi connectivity index (χ3n) is 5.02. The molecule has 6 heteroatoms. The van der Waals surface area contributed by atoms with Gasteiger partial charge in [-0.15, -0.1) is 0 Å². The highest BCUT2D eigenvalue weighted by atomic mass is 16.2. The van der Waals surface area contributed by atoms with Gasteiger partial charge in [0.25, 0.3) is 0 Å². The molecule has 0 saturated heterocycles. The number of aromatic nitrogens is 2. The van der Waals surface area contributed by atoms with Gasteiger partial charge in [0.1, 0.15) is 5.82 Å². The predicted molar refractivity (Wildman–Crippen MR) is 109 cm³/mol. The molecular weight excluding hydrogens is 352 g/mol. The number of rotatable bonds is 4. The topological polar surface area (TPSA) is 76.0 Å². The zero-order chi connectivity index (χ0) is 19.7. The number of hydrogen-bond donors (Lipinski definition) is 2. The van der Waals surface area contributed by atoms with Crippen LogP contribution in [-0.4, -0.2) is 21.6 Å². The van der Waals surface area contributed by atoms with Crippen LogP contribution in [0.4, 0.5) is 11.5 Å². The van der Waals surface area contributed by atoms with Crippen LogP contribution in [0, 0.1) is 19.8 Å². The highest BCUT2D eigenvalue weighted by Gasteiger charge is 2.30. The summed E-state index contributed by atoms with van der Waals surface area (Å²) in [6.07, 6.45) is 1.86. The van der Waals surface area contributed by atoms with Crippen molar-refractivity contribution < 1.29 is 9.59 Å². The molecule has 1 aromatic heterocycles. The Morgan fingerprint density at radius 2 is 2.00 bits per heavy atom. The summed E-state index contributed by atoms with van der Waals surface area (Å²) in [4.78, 5) is 25.1. The lowest BCUT2D eigenvalue weighted by Crippen LogP contribution is -2.36. The average Bonchev–Trinajstić information content (AvgIpc) is 3.07. The summed E-state index contributed by atoms with van der Waals surface area (Å²) in [5.74, 6) is -0.101. The summed E-state index contributed by atoms with van der Waals surface area (Å²) in [6, 6.07) is 15.7. The first-order chi connectivity index (χ1) is 13.5. The van der Waals surface area contributed by atoms with Gasteiger partial charge in [-0.3, -0.25) is 9.59 Å². The molecule has 1 atom stereocenters. The molecule has 2 aromatic carbocycles. The summed E-state index contributed by atoms with van der Waals surface area (Å²) in [5, 5.41) is 10.2. The van der Waals surface area contributed by atoms with Crippen molar-refractivity contribution in [3.8, 4) is 11.1 Å². The Labute approximate surface area is 163 Å². The number of aryl methyl sites for hydroxylation is 2. The molecule has 2 heterocycles. The molecule has 0 bridgehead atoms. The van der Waals surface area contributed by atoms with E-state index in [9.17, 15) is 9.59 Å². The van der Waals surface area contributed by atoms with Crippen molar-refractivity contribution in [3.63, 3.8) is 0 Å². The van der Waals surface area contributed by atoms with Gasteiger partial charge in [-0.1, -0.05) is 48.0 Å². The van der Waals surface area contributed by atoms with Crippen molar-refractivity contribution in [1.82, 2.24) is 9.78 Å². The highest BCUT2D eigenvalue weighted by Crippen LogP contribution is 2.32. The van der Waals surface area contributed by atoms with Crippen LogP contribution >= 0.6 is 0 Å². The molecule has 2 N–H and O–H groups in total. The van der Waals surface area contributed by atoms with E-state index in [1.807, 2.05) is 62.4 Å². The Morgan fingerprint density at radius 3 is 2.75 bits per heavy atom. The standard InChI is InChI=1S/C22H22N4O2/c1-14-8-9-19(15(2)10-14)24-20(27)11-17-13-26-21(25-22(17)28)18(12-23-26)16-6-4-3-5-7-16/h3-10,12,17H,11,13H2,1-2H3,(H,24,27)(H,25,28)/t17-/m0/s1. The van der Waals surface area contributed by atoms with Gasteiger partial charge in [0.05, 0.1) is 18.7 Å². The van der Waals surface area contributed by atoms with E-state index in [0.717, 1.165) is 27.9 Å². The quantitative estimate of drug-likeness (QED) is 0.730. The third-order valence-corrected chi connectivity index (χ3v) is 5.02. The monoisotopic (exact) mass is 374 g/mol. The lowest BCUT2D eigenvalue weighted by Gasteiger charge is -2.24. The van der Waals surface area contributed by atoms with Crippen molar-refractivity contribution in [2.75, 3.05) is 10.6 Å². The molecule has 3 aromatic rings. The van der Waals surface area contributed by atoms with Crippen LogP contribution in [-0.2, 0) is 16.1 Å². The molecule has 1 aliphatic heterocycles. The van der Waals surface area contributed by atoms with E-state index in [1.54, 1.807) is 10.9 Å². The molecule has 4 rings (SSSR count). The maximum absolute atomic E-state index is 12.6. The number of benzene rings is 2. The molecular formula is C22H22N4O2. The van der Waals surface area contributed by atoms with E-state index in [1.165, 1.54) is 0 Å². The smallest absolute Gasteiger partial charge is 0.231 e. The van der Waals surface area contributed by atoms with E-state index in [-0.39, 0.29) is 18.2 Å². The minimum atomic E-state index is -0.457. The fourth-order valence-corrected chi connectivity index (χ4v) is 3.53. The molecule has 1 aliphatic rings. The van der Waals surface area contributed by atoms with Crippen molar-refractivity contribution in [2.24, 2.45) is 5.92 Å². The van der Waals surface area contributed by atoms with E-state index >= 15 is 0 Å². The SMILES string of the molecule is Cc1ccc(NC(=O)C[C@H]2Cn3ncc(-c4ccccc4)c3NC2=O)c(C)c1. The summed E-state index contributed by atoms with van der Waals surface area (Å²) in [5.41, 5.74) is 4.80. The summed E-state index contributed by atoms with van der Waals surface area (Å²) in [7, 11) is 0. The van der Waals surface area contributed by atoms with E-state index in [4.69, 9.17) is 0 Å². The maximum atomic E-state index is 12.6. The lowest BCUT2D eigenvalue weighted by molar-refractivity contribution is -0.125. The van der Waals surface area contributed by atoms with Crippen molar-refractivity contribution >= 4 is 23.3 Å². The number of anilines is 2. The molecule has 0 aliphatic carbocycles. The minimum absolute atomic E-state index is 0.110. The largest absolute Gasteiger partial charge is 0.326 e.